The molecule has 1 saturated heterocycles. The maximum absolute atomic E-state index is 13.3. The topological polar surface area (TPSA) is 53.1 Å². The fraction of sp³-hybridized carbons (Fsp3) is 0.333. The molecule has 2 heterocycles. The smallest absolute Gasteiger partial charge is 0.223 e. The molecule has 0 aliphatic carbocycles. The molecule has 156 valence electrons. The van der Waals surface area contributed by atoms with Crippen molar-refractivity contribution in [3.8, 4) is 11.3 Å². The average molecular weight is 406 g/mol. The molecule has 0 radical (unpaired) electrons. The van der Waals surface area contributed by atoms with Crippen LogP contribution < -0.4 is 10.6 Å². The van der Waals surface area contributed by atoms with Crippen molar-refractivity contribution in [3.63, 3.8) is 0 Å². The van der Waals surface area contributed by atoms with Gasteiger partial charge in [0.2, 0.25) is 5.95 Å². The minimum Gasteiger partial charge on any atom is -0.354 e. The van der Waals surface area contributed by atoms with Crippen LogP contribution in [0.1, 0.15) is 18.1 Å². The molecule has 1 aliphatic heterocycles. The van der Waals surface area contributed by atoms with E-state index >= 15 is 0 Å². The lowest BCUT2D eigenvalue weighted by Crippen LogP contribution is -2.56. The van der Waals surface area contributed by atoms with Gasteiger partial charge in [-0.25, -0.2) is 14.4 Å². The van der Waals surface area contributed by atoms with Gasteiger partial charge < -0.3 is 10.6 Å². The Kier molecular flexibility index (Phi) is 6.67. The molecule has 0 bridgehead atoms. The molecule has 1 fully saturated rings. The van der Waals surface area contributed by atoms with Gasteiger partial charge in [0.1, 0.15) is 5.82 Å². The van der Waals surface area contributed by atoms with Gasteiger partial charge in [0.15, 0.2) is 0 Å². The van der Waals surface area contributed by atoms with E-state index in [9.17, 15) is 4.39 Å². The van der Waals surface area contributed by atoms with Gasteiger partial charge in [-0.3, -0.25) is 4.90 Å². The van der Waals surface area contributed by atoms with Crippen LogP contribution in [0.25, 0.3) is 11.3 Å². The first-order valence-corrected chi connectivity index (χ1v) is 10.6. The van der Waals surface area contributed by atoms with Gasteiger partial charge in [-0.05, 0) is 48.4 Å². The Bertz CT molecular complexity index is 973. The van der Waals surface area contributed by atoms with E-state index in [1.807, 2.05) is 12.1 Å². The Morgan fingerprint density at radius 3 is 2.70 bits per heavy atom. The Labute approximate surface area is 177 Å². The molecular formula is C24H28FN5. The van der Waals surface area contributed by atoms with E-state index in [2.05, 4.69) is 56.7 Å². The van der Waals surface area contributed by atoms with Gasteiger partial charge in [-0.1, -0.05) is 37.3 Å². The van der Waals surface area contributed by atoms with Crippen molar-refractivity contribution in [2.75, 3.05) is 31.5 Å². The van der Waals surface area contributed by atoms with Crippen LogP contribution in [0, 0.1) is 5.82 Å². The van der Waals surface area contributed by atoms with Crippen LogP contribution in [0.3, 0.4) is 0 Å². The van der Waals surface area contributed by atoms with E-state index in [0.717, 1.165) is 43.0 Å². The number of anilines is 1. The van der Waals surface area contributed by atoms with E-state index in [0.29, 0.717) is 25.0 Å². The number of hydrogen-bond acceptors (Lipinski definition) is 5. The van der Waals surface area contributed by atoms with Crippen molar-refractivity contribution >= 4 is 5.95 Å². The number of aromatic nitrogens is 2. The Morgan fingerprint density at radius 1 is 1.10 bits per heavy atom. The molecule has 0 amide bonds. The highest BCUT2D eigenvalue weighted by Crippen LogP contribution is 2.21. The molecule has 2 N–H and O–H groups in total. The molecule has 4 rings (SSSR count). The third kappa shape index (κ3) is 5.20. The summed E-state index contributed by atoms with van der Waals surface area (Å²) in [5, 5.41) is 6.60. The zero-order valence-corrected chi connectivity index (χ0v) is 17.3. The first-order valence-electron chi connectivity index (χ1n) is 10.6. The summed E-state index contributed by atoms with van der Waals surface area (Å²) in [7, 11) is 0. The molecule has 30 heavy (non-hydrogen) atoms. The van der Waals surface area contributed by atoms with Gasteiger partial charge in [-0.15, -0.1) is 0 Å². The van der Waals surface area contributed by atoms with Crippen molar-refractivity contribution in [1.29, 1.82) is 0 Å². The van der Waals surface area contributed by atoms with E-state index in [-0.39, 0.29) is 5.82 Å². The van der Waals surface area contributed by atoms with Gasteiger partial charge >= 0.3 is 0 Å². The summed E-state index contributed by atoms with van der Waals surface area (Å²) in [5.74, 6) is 0.380. The highest BCUT2D eigenvalue weighted by molar-refractivity contribution is 5.60. The summed E-state index contributed by atoms with van der Waals surface area (Å²) in [6.07, 6.45) is 2.49. The maximum atomic E-state index is 13.3. The van der Waals surface area contributed by atoms with E-state index in [1.165, 1.54) is 11.6 Å². The molecular weight excluding hydrogens is 377 g/mol. The summed E-state index contributed by atoms with van der Waals surface area (Å²) < 4.78 is 13.3. The van der Waals surface area contributed by atoms with Crippen LogP contribution in [-0.2, 0) is 13.0 Å². The van der Waals surface area contributed by atoms with Crippen LogP contribution in [0.2, 0.25) is 0 Å². The van der Waals surface area contributed by atoms with E-state index in [4.69, 9.17) is 0 Å². The number of nitrogens with zero attached hydrogens (tertiary/aromatic N) is 3. The lowest BCUT2D eigenvalue weighted by atomic mass is 10.1. The number of halogens is 1. The molecule has 5 nitrogen and oxygen atoms in total. The van der Waals surface area contributed by atoms with Crippen molar-refractivity contribution in [2.45, 2.75) is 25.9 Å². The number of rotatable bonds is 9. The van der Waals surface area contributed by atoms with Crippen LogP contribution in [0.15, 0.2) is 60.8 Å². The van der Waals surface area contributed by atoms with Gasteiger partial charge in [-0.2, -0.15) is 0 Å². The number of benzene rings is 2. The second-order valence-corrected chi connectivity index (χ2v) is 7.65. The summed E-state index contributed by atoms with van der Waals surface area (Å²) in [6, 6.07) is 17.8. The lowest BCUT2D eigenvalue weighted by molar-refractivity contribution is 0.145. The fourth-order valence-corrected chi connectivity index (χ4v) is 3.71. The Morgan fingerprint density at radius 2 is 1.93 bits per heavy atom. The summed E-state index contributed by atoms with van der Waals surface area (Å²) in [5.41, 5.74) is 4.23. The van der Waals surface area contributed by atoms with Crippen LogP contribution in [0.4, 0.5) is 10.3 Å². The molecule has 0 unspecified atom stereocenters. The van der Waals surface area contributed by atoms with Crippen LogP contribution in [0.5, 0.6) is 0 Å². The highest BCUT2D eigenvalue weighted by Gasteiger charge is 2.23. The van der Waals surface area contributed by atoms with Crippen LogP contribution >= 0.6 is 0 Å². The Balaban J connectivity index is 1.40. The first-order chi connectivity index (χ1) is 14.7. The zero-order chi connectivity index (χ0) is 20.8. The monoisotopic (exact) mass is 405 g/mol. The second kappa shape index (κ2) is 9.78. The molecule has 3 aromatic rings. The van der Waals surface area contributed by atoms with Gasteiger partial charge in [0, 0.05) is 44.0 Å². The van der Waals surface area contributed by atoms with Crippen LogP contribution in [-0.4, -0.2) is 47.1 Å². The van der Waals surface area contributed by atoms with Gasteiger partial charge in [0.25, 0.3) is 0 Å². The Hall–Kier alpha value is -2.83. The third-order valence-electron chi connectivity index (χ3n) is 5.53. The van der Waals surface area contributed by atoms with E-state index < -0.39 is 0 Å². The predicted octanol–water partition coefficient (Wildman–Crippen LogP) is 3.73. The summed E-state index contributed by atoms with van der Waals surface area (Å²) in [4.78, 5) is 11.5. The van der Waals surface area contributed by atoms with Crippen molar-refractivity contribution in [3.05, 3.63) is 77.7 Å². The molecule has 2 aromatic carbocycles. The molecule has 6 heteroatoms. The fourth-order valence-electron chi connectivity index (χ4n) is 3.71. The number of likely N-dealkylation sites (N-methyl/N-ethyl adjacent to an activating group) is 1. The molecule has 1 aliphatic rings. The molecule has 0 saturated carbocycles. The molecule has 1 aromatic heterocycles. The minimum absolute atomic E-state index is 0.208. The SMILES string of the molecule is CCN(Cc1cccc(-c2ccnc(NCCc3cccc(F)c3)n2)c1)C1CNC1. The predicted molar refractivity (Wildman–Crippen MR) is 119 cm³/mol. The maximum Gasteiger partial charge on any atom is 0.223 e. The van der Waals surface area contributed by atoms with Crippen molar-refractivity contribution in [1.82, 2.24) is 20.2 Å². The molecule has 0 atom stereocenters. The standard InChI is InChI=1S/C24H28FN5/c1-2-30(22-15-26-16-22)17-19-6-3-7-20(13-19)23-10-12-28-24(29-23)27-11-9-18-5-4-8-21(25)14-18/h3-8,10,12-14,22,26H,2,9,11,15-17H2,1H3,(H,27,28,29). The molecule has 0 spiro atoms. The normalized spacial score (nSPS) is 14.0. The first kappa shape index (κ1) is 20.4. The summed E-state index contributed by atoms with van der Waals surface area (Å²) in [6.45, 7) is 7.00. The number of hydrogen-bond donors (Lipinski definition) is 2. The van der Waals surface area contributed by atoms with Crippen molar-refractivity contribution < 1.29 is 4.39 Å². The second-order valence-electron chi connectivity index (χ2n) is 7.65. The zero-order valence-electron chi connectivity index (χ0n) is 17.3. The summed E-state index contributed by atoms with van der Waals surface area (Å²) >= 11 is 0. The largest absolute Gasteiger partial charge is 0.354 e. The van der Waals surface area contributed by atoms with Crippen molar-refractivity contribution in [2.24, 2.45) is 0 Å². The lowest BCUT2D eigenvalue weighted by Gasteiger charge is -2.37. The van der Waals surface area contributed by atoms with Gasteiger partial charge in [0.05, 0.1) is 5.69 Å². The quantitative estimate of drug-likeness (QED) is 0.568. The third-order valence-corrected chi connectivity index (χ3v) is 5.53. The highest BCUT2D eigenvalue weighted by atomic mass is 19.1. The van der Waals surface area contributed by atoms with E-state index in [1.54, 1.807) is 18.3 Å². The number of nitrogens with one attached hydrogen (secondary N) is 2. The average Bonchev–Trinajstić information content (AvgIpc) is 2.72. The minimum atomic E-state index is -0.208.